The van der Waals surface area contributed by atoms with Gasteiger partial charge in [0.25, 0.3) is 0 Å². The molecule has 90 valence electrons. The van der Waals surface area contributed by atoms with E-state index in [0.29, 0.717) is 6.42 Å². The van der Waals surface area contributed by atoms with E-state index in [0.717, 1.165) is 19.8 Å². The molecule has 0 fully saturated rings. The number of hydrogen-bond donors (Lipinski definition) is 1. The molecule has 0 amide bonds. The van der Waals surface area contributed by atoms with E-state index in [9.17, 15) is 9.50 Å². The standard InChI is InChI=1S/C13H12BrFOS/c1-8-11(7-13(14)17-8)12(16)6-9-2-4-10(15)5-3-9/h2-5,7,12,16H,6H2,1H3. The highest BCUT2D eigenvalue weighted by Gasteiger charge is 2.14. The third kappa shape index (κ3) is 3.15. The smallest absolute Gasteiger partial charge is 0.123 e. The molecule has 1 aromatic heterocycles. The zero-order valence-corrected chi connectivity index (χ0v) is 11.7. The van der Waals surface area contributed by atoms with Crippen molar-refractivity contribution in [2.45, 2.75) is 19.4 Å². The third-order valence-corrected chi connectivity index (χ3v) is 4.20. The second-order valence-electron chi connectivity index (χ2n) is 3.91. The van der Waals surface area contributed by atoms with E-state index in [1.165, 1.54) is 12.1 Å². The Kier molecular flexibility index (Phi) is 3.97. The number of aliphatic hydroxyl groups is 1. The maximum Gasteiger partial charge on any atom is 0.123 e. The number of hydrogen-bond acceptors (Lipinski definition) is 2. The average molecular weight is 315 g/mol. The Hall–Kier alpha value is -0.710. The molecule has 1 aromatic carbocycles. The monoisotopic (exact) mass is 314 g/mol. The second kappa shape index (κ2) is 5.29. The van der Waals surface area contributed by atoms with Crippen LogP contribution in [0.5, 0.6) is 0 Å². The van der Waals surface area contributed by atoms with E-state index in [1.807, 2.05) is 13.0 Å². The maximum atomic E-state index is 12.7. The Morgan fingerprint density at radius 3 is 2.53 bits per heavy atom. The average Bonchev–Trinajstić information content (AvgIpc) is 2.61. The van der Waals surface area contributed by atoms with Crippen LogP contribution in [0.4, 0.5) is 4.39 Å². The third-order valence-electron chi connectivity index (χ3n) is 2.63. The van der Waals surface area contributed by atoms with Crippen molar-refractivity contribution in [3.8, 4) is 0 Å². The fraction of sp³-hybridized carbons (Fsp3) is 0.231. The van der Waals surface area contributed by atoms with Crippen LogP contribution in [-0.2, 0) is 6.42 Å². The van der Waals surface area contributed by atoms with Gasteiger partial charge >= 0.3 is 0 Å². The Morgan fingerprint density at radius 2 is 2.00 bits per heavy atom. The summed E-state index contributed by atoms with van der Waals surface area (Å²) in [5.41, 5.74) is 1.87. The van der Waals surface area contributed by atoms with Crippen molar-refractivity contribution in [2.75, 3.05) is 0 Å². The Bertz CT molecular complexity index is 507. The highest BCUT2D eigenvalue weighted by Crippen LogP contribution is 2.31. The number of aryl methyl sites for hydroxylation is 1. The van der Waals surface area contributed by atoms with Crippen LogP contribution in [0.15, 0.2) is 34.1 Å². The molecule has 0 radical (unpaired) electrons. The van der Waals surface area contributed by atoms with Crippen LogP contribution >= 0.6 is 27.3 Å². The number of thiophene rings is 1. The van der Waals surface area contributed by atoms with E-state index in [1.54, 1.807) is 23.5 Å². The first kappa shape index (κ1) is 12.7. The summed E-state index contributed by atoms with van der Waals surface area (Å²) in [5.74, 6) is -0.252. The molecular formula is C13H12BrFOS. The van der Waals surface area contributed by atoms with Gasteiger partial charge in [-0.25, -0.2) is 4.39 Å². The lowest BCUT2D eigenvalue weighted by atomic mass is 10.0. The second-order valence-corrected chi connectivity index (χ2v) is 6.54. The molecule has 1 N–H and O–H groups in total. The number of aliphatic hydroxyl groups excluding tert-OH is 1. The molecule has 1 atom stereocenters. The predicted molar refractivity (Wildman–Crippen MR) is 71.8 cm³/mol. The van der Waals surface area contributed by atoms with Gasteiger partial charge in [0, 0.05) is 11.3 Å². The summed E-state index contributed by atoms with van der Waals surface area (Å²) in [6.07, 6.45) is -0.0346. The molecule has 2 rings (SSSR count). The van der Waals surface area contributed by atoms with Crippen LogP contribution in [0.2, 0.25) is 0 Å². The minimum absolute atomic E-state index is 0.252. The summed E-state index contributed by atoms with van der Waals surface area (Å²) in [4.78, 5) is 1.10. The van der Waals surface area contributed by atoms with Crippen molar-refractivity contribution in [1.29, 1.82) is 0 Å². The lowest BCUT2D eigenvalue weighted by Gasteiger charge is -2.10. The summed E-state index contributed by atoms with van der Waals surface area (Å²) in [6, 6.07) is 8.18. The van der Waals surface area contributed by atoms with Gasteiger partial charge in [0.2, 0.25) is 0 Å². The molecule has 0 bridgehead atoms. The van der Waals surface area contributed by atoms with Gasteiger partial charge in [-0.1, -0.05) is 12.1 Å². The molecule has 0 saturated carbocycles. The molecule has 0 aliphatic heterocycles. The SMILES string of the molecule is Cc1sc(Br)cc1C(O)Cc1ccc(F)cc1. The maximum absolute atomic E-state index is 12.7. The highest BCUT2D eigenvalue weighted by atomic mass is 79.9. The lowest BCUT2D eigenvalue weighted by Crippen LogP contribution is -2.01. The quantitative estimate of drug-likeness (QED) is 0.898. The van der Waals surface area contributed by atoms with Gasteiger partial charge in [-0.2, -0.15) is 0 Å². The Morgan fingerprint density at radius 1 is 1.35 bits per heavy atom. The molecular weight excluding hydrogens is 303 g/mol. The lowest BCUT2D eigenvalue weighted by molar-refractivity contribution is 0.178. The molecule has 0 saturated heterocycles. The topological polar surface area (TPSA) is 20.2 Å². The van der Waals surface area contributed by atoms with Crippen LogP contribution in [-0.4, -0.2) is 5.11 Å². The number of benzene rings is 1. The van der Waals surface area contributed by atoms with Gasteiger partial charge in [-0.3, -0.25) is 0 Å². The molecule has 17 heavy (non-hydrogen) atoms. The first-order valence-corrected chi connectivity index (χ1v) is 6.85. The van der Waals surface area contributed by atoms with Gasteiger partial charge in [-0.05, 0) is 52.2 Å². The van der Waals surface area contributed by atoms with Crippen molar-refractivity contribution >= 4 is 27.3 Å². The van der Waals surface area contributed by atoms with Crippen LogP contribution < -0.4 is 0 Å². The van der Waals surface area contributed by atoms with Gasteiger partial charge in [0.05, 0.1) is 9.89 Å². The molecule has 0 aliphatic carbocycles. The van der Waals surface area contributed by atoms with Crippen molar-refractivity contribution in [1.82, 2.24) is 0 Å². The zero-order chi connectivity index (χ0) is 12.4. The zero-order valence-electron chi connectivity index (χ0n) is 9.28. The predicted octanol–water partition coefficient (Wildman–Crippen LogP) is 4.23. The van der Waals surface area contributed by atoms with Gasteiger partial charge in [0.1, 0.15) is 5.82 Å². The van der Waals surface area contributed by atoms with E-state index in [4.69, 9.17) is 0 Å². The minimum atomic E-state index is -0.539. The van der Waals surface area contributed by atoms with Gasteiger partial charge < -0.3 is 5.11 Å². The van der Waals surface area contributed by atoms with Crippen LogP contribution in [0, 0.1) is 12.7 Å². The van der Waals surface area contributed by atoms with Crippen LogP contribution in [0.1, 0.15) is 22.1 Å². The Balaban J connectivity index is 2.14. The molecule has 0 aliphatic rings. The van der Waals surface area contributed by atoms with Crippen LogP contribution in [0.3, 0.4) is 0 Å². The summed E-state index contributed by atoms with van der Waals surface area (Å²) >= 11 is 5.01. The molecule has 4 heteroatoms. The van der Waals surface area contributed by atoms with E-state index in [2.05, 4.69) is 15.9 Å². The molecule has 0 spiro atoms. The van der Waals surface area contributed by atoms with Crippen LogP contribution in [0.25, 0.3) is 0 Å². The Labute approximate surface area is 112 Å². The summed E-state index contributed by atoms with van der Waals surface area (Å²) in [6.45, 7) is 1.98. The normalized spacial score (nSPS) is 12.7. The summed E-state index contributed by atoms with van der Waals surface area (Å²) < 4.78 is 13.8. The van der Waals surface area contributed by atoms with E-state index < -0.39 is 6.10 Å². The number of halogens is 2. The first-order chi connectivity index (χ1) is 8.06. The summed E-state index contributed by atoms with van der Waals surface area (Å²) in [7, 11) is 0. The van der Waals surface area contributed by atoms with Crippen molar-refractivity contribution in [3.63, 3.8) is 0 Å². The van der Waals surface area contributed by atoms with Gasteiger partial charge in [0.15, 0.2) is 0 Å². The number of rotatable bonds is 3. The largest absolute Gasteiger partial charge is 0.388 e. The highest BCUT2D eigenvalue weighted by molar-refractivity contribution is 9.11. The summed E-state index contributed by atoms with van der Waals surface area (Å²) in [5, 5.41) is 10.1. The molecule has 1 unspecified atom stereocenters. The van der Waals surface area contributed by atoms with Crippen molar-refractivity contribution in [3.05, 3.63) is 55.9 Å². The van der Waals surface area contributed by atoms with E-state index in [-0.39, 0.29) is 5.82 Å². The molecule has 1 nitrogen and oxygen atoms in total. The fourth-order valence-corrected chi connectivity index (χ4v) is 3.51. The fourth-order valence-electron chi connectivity index (χ4n) is 1.74. The van der Waals surface area contributed by atoms with E-state index >= 15 is 0 Å². The first-order valence-electron chi connectivity index (χ1n) is 5.24. The van der Waals surface area contributed by atoms with Crippen molar-refractivity contribution < 1.29 is 9.50 Å². The van der Waals surface area contributed by atoms with Crippen molar-refractivity contribution in [2.24, 2.45) is 0 Å². The molecule has 2 aromatic rings. The minimum Gasteiger partial charge on any atom is -0.388 e. The van der Waals surface area contributed by atoms with Gasteiger partial charge in [-0.15, -0.1) is 11.3 Å². The molecule has 1 heterocycles.